The lowest BCUT2D eigenvalue weighted by atomic mass is 10.1. The van der Waals surface area contributed by atoms with Gasteiger partial charge in [-0.15, -0.1) is 0 Å². The first-order chi connectivity index (χ1) is 14.1. The van der Waals surface area contributed by atoms with E-state index in [1.807, 2.05) is 30.3 Å². The van der Waals surface area contributed by atoms with Crippen LogP contribution in [0.25, 0.3) is 22.6 Å². The Hall–Kier alpha value is -3.82. The van der Waals surface area contributed by atoms with E-state index in [9.17, 15) is 4.79 Å². The molecule has 4 aromatic rings. The zero-order valence-electron chi connectivity index (χ0n) is 15.3. The first-order valence-electron chi connectivity index (χ1n) is 8.63. The molecular formula is C22H14ClN3O3. The Bertz CT molecular complexity index is 1270. The SMILES string of the molecule is COc1cccc(-c2nc3cc(NC(=O)c4ccc(Cl)c(C#N)c4)ccc3o2)c1. The second-order valence-corrected chi connectivity index (χ2v) is 6.60. The zero-order valence-corrected chi connectivity index (χ0v) is 16.0. The van der Waals surface area contributed by atoms with E-state index in [4.69, 9.17) is 26.0 Å². The molecule has 0 saturated carbocycles. The minimum atomic E-state index is -0.353. The predicted octanol–water partition coefficient (Wildman–Crippen LogP) is 5.28. The minimum Gasteiger partial charge on any atom is -0.497 e. The number of ether oxygens (including phenoxy) is 1. The zero-order chi connectivity index (χ0) is 20.4. The average molecular weight is 404 g/mol. The smallest absolute Gasteiger partial charge is 0.255 e. The van der Waals surface area contributed by atoms with Crippen LogP contribution in [0.3, 0.4) is 0 Å². The molecule has 0 unspecified atom stereocenters. The van der Waals surface area contributed by atoms with Gasteiger partial charge in [0.05, 0.1) is 17.7 Å². The van der Waals surface area contributed by atoms with Crippen molar-refractivity contribution >= 4 is 34.3 Å². The van der Waals surface area contributed by atoms with Crippen molar-refractivity contribution in [3.63, 3.8) is 0 Å². The average Bonchev–Trinajstić information content (AvgIpc) is 3.17. The summed E-state index contributed by atoms with van der Waals surface area (Å²) >= 11 is 5.92. The summed E-state index contributed by atoms with van der Waals surface area (Å²) in [5.74, 6) is 0.810. The number of carbonyl (C=O) groups excluding carboxylic acids is 1. The first-order valence-corrected chi connectivity index (χ1v) is 9.01. The molecule has 142 valence electrons. The second kappa shape index (κ2) is 7.66. The Balaban J connectivity index is 1.61. The van der Waals surface area contributed by atoms with Crippen LogP contribution in [0.1, 0.15) is 15.9 Å². The van der Waals surface area contributed by atoms with Crippen molar-refractivity contribution in [2.24, 2.45) is 0 Å². The third kappa shape index (κ3) is 3.77. The van der Waals surface area contributed by atoms with E-state index < -0.39 is 0 Å². The Kier molecular flexibility index (Phi) is 4.90. The number of aromatic nitrogens is 1. The van der Waals surface area contributed by atoms with E-state index in [1.54, 1.807) is 31.4 Å². The number of anilines is 1. The van der Waals surface area contributed by atoms with Crippen LogP contribution in [-0.2, 0) is 0 Å². The molecule has 0 aliphatic carbocycles. The normalized spacial score (nSPS) is 10.5. The fraction of sp³-hybridized carbons (Fsp3) is 0.0455. The van der Waals surface area contributed by atoms with E-state index in [0.29, 0.717) is 39.0 Å². The quantitative estimate of drug-likeness (QED) is 0.500. The summed E-state index contributed by atoms with van der Waals surface area (Å²) in [6.07, 6.45) is 0. The maximum absolute atomic E-state index is 12.5. The summed E-state index contributed by atoms with van der Waals surface area (Å²) < 4.78 is 11.0. The van der Waals surface area contributed by atoms with E-state index in [0.717, 1.165) is 5.56 Å². The van der Waals surface area contributed by atoms with Crippen LogP contribution >= 0.6 is 11.6 Å². The maximum Gasteiger partial charge on any atom is 0.255 e. The van der Waals surface area contributed by atoms with Crippen molar-refractivity contribution in [3.05, 3.63) is 76.8 Å². The standard InChI is InChI=1S/C22H14ClN3O3/c1-28-17-4-2-3-14(10-17)22-26-19-11-16(6-8-20(19)29-22)25-21(27)13-5-7-18(23)15(9-13)12-24/h2-11H,1H3,(H,25,27). The van der Waals surface area contributed by atoms with Crippen LogP contribution in [0.2, 0.25) is 5.02 Å². The minimum absolute atomic E-state index is 0.245. The molecule has 0 atom stereocenters. The molecule has 29 heavy (non-hydrogen) atoms. The number of oxazole rings is 1. The Labute approximate surface area is 171 Å². The molecule has 0 bridgehead atoms. The number of halogens is 1. The van der Waals surface area contributed by atoms with Crippen molar-refractivity contribution in [2.45, 2.75) is 0 Å². The van der Waals surface area contributed by atoms with Gasteiger partial charge >= 0.3 is 0 Å². The number of hydrogen-bond donors (Lipinski definition) is 1. The number of carbonyl (C=O) groups is 1. The molecular weight excluding hydrogens is 390 g/mol. The third-order valence-electron chi connectivity index (χ3n) is 4.31. The lowest BCUT2D eigenvalue weighted by Gasteiger charge is -2.06. The fourth-order valence-corrected chi connectivity index (χ4v) is 3.00. The van der Waals surface area contributed by atoms with Gasteiger partial charge in [-0.05, 0) is 54.6 Å². The molecule has 0 spiro atoms. The number of rotatable bonds is 4. The van der Waals surface area contributed by atoms with E-state index in [-0.39, 0.29) is 11.5 Å². The van der Waals surface area contributed by atoms with E-state index in [1.165, 1.54) is 12.1 Å². The van der Waals surface area contributed by atoms with Gasteiger partial charge in [-0.3, -0.25) is 4.79 Å². The molecule has 0 saturated heterocycles. The molecule has 3 aromatic carbocycles. The number of nitrogens with one attached hydrogen (secondary N) is 1. The third-order valence-corrected chi connectivity index (χ3v) is 4.64. The molecule has 0 radical (unpaired) electrons. The predicted molar refractivity (Wildman–Crippen MR) is 110 cm³/mol. The molecule has 1 aromatic heterocycles. The lowest BCUT2D eigenvalue weighted by Crippen LogP contribution is -2.12. The highest BCUT2D eigenvalue weighted by molar-refractivity contribution is 6.31. The molecule has 7 heteroatoms. The molecule has 1 N–H and O–H groups in total. The van der Waals surface area contributed by atoms with Gasteiger partial charge in [0.25, 0.3) is 5.91 Å². The highest BCUT2D eigenvalue weighted by atomic mass is 35.5. The van der Waals surface area contributed by atoms with Gasteiger partial charge < -0.3 is 14.5 Å². The summed E-state index contributed by atoms with van der Waals surface area (Å²) in [5.41, 5.74) is 3.13. The highest BCUT2D eigenvalue weighted by Gasteiger charge is 2.12. The molecule has 4 rings (SSSR count). The largest absolute Gasteiger partial charge is 0.497 e. The van der Waals surface area contributed by atoms with Crippen LogP contribution < -0.4 is 10.1 Å². The van der Waals surface area contributed by atoms with Crippen LogP contribution in [0.4, 0.5) is 5.69 Å². The number of hydrogen-bond acceptors (Lipinski definition) is 5. The van der Waals surface area contributed by atoms with Crippen molar-refractivity contribution in [1.82, 2.24) is 4.98 Å². The van der Waals surface area contributed by atoms with Gasteiger partial charge in [0.1, 0.15) is 17.3 Å². The fourth-order valence-electron chi connectivity index (χ4n) is 2.84. The van der Waals surface area contributed by atoms with Gasteiger partial charge in [-0.25, -0.2) is 4.98 Å². The molecule has 0 aliphatic heterocycles. The summed E-state index contributed by atoms with van der Waals surface area (Å²) in [6.45, 7) is 0. The second-order valence-electron chi connectivity index (χ2n) is 6.19. The molecule has 1 amide bonds. The van der Waals surface area contributed by atoms with Crippen molar-refractivity contribution < 1.29 is 13.9 Å². The lowest BCUT2D eigenvalue weighted by molar-refractivity contribution is 0.102. The number of fused-ring (bicyclic) bond motifs is 1. The van der Waals surface area contributed by atoms with Crippen molar-refractivity contribution in [2.75, 3.05) is 12.4 Å². The Morgan fingerprint density at radius 3 is 2.83 bits per heavy atom. The van der Waals surface area contributed by atoms with Gasteiger partial charge in [-0.1, -0.05) is 17.7 Å². The molecule has 1 heterocycles. The maximum atomic E-state index is 12.5. The molecule has 6 nitrogen and oxygen atoms in total. The van der Waals surface area contributed by atoms with Crippen LogP contribution in [0, 0.1) is 11.3 Å². The number of methoxy groups -OCH3 is 1. The Morgan fingerprint density at radius 2 is 2.03 bits per heavy atom. The summed E-state index contributed by atoms with van der Waals surface area (Å²) in [4.78, 5) is 17.0. The van der Waals surface area contributed by atoms with Crippen LogP contribution in [0.15, 0.2) is 65.1 Å². The van der Waals surface area contributed by atoms with E-state index in [2.05, 4.69) is 10.3 Å². The summed E-state index contributed by atoms with van der Waals surface area (Å²) in [6, 6.07) is 19.1. The number of nitrogens with zero attached hydrogens (tertiary/aromatic N) is 2. The van der Waals surface area contributed by atoms with Crippen molar-refractivity contribution in [1.29, 1.82) is 5.26 Å². The first kappa shape index (κ1) is 18.5. The van der Waals surface area contributed by atoms with Gasteiger partial charge in [0, 0.05) is 16.8 Å². The topological polar surface area (TPSA) is 88.1 Å². The Morgan fingerprint density at radius 1 is 1.17 bits per heavy atom. The summed E-state index contributed by atoms with van der Waals surface area (Å²) in [5, 5.41) is 12.2. The van der Waals surface area contributed by atoms with Crippen molar-refractivity contribution in [3.8, 4) is 23.3 Å². The number of amides is 1. The summed E-state index contributed by atoms with van der Waals surface area (Å²) in [7, 11) is 1.60. The number of nitriles is 1. The van der Waals surface area contributed by atoms with Gasteiger partial charge in [-0.2, -0.15) is 5.26 Å². The van der Waals surface area contributed by atoms with Crippen LogP contribution in [-0.4, -0.2) is 18.0 Å². The van der Waals surface area contributed by atoms with Crippen LogP contribution in [0.5, 0.6) is 5.75 Å². The monoisotopic (exact) mass is 403 g/mol. The molecule has 0 fully saturated rings. The highest BCUT2D eigenvalue weighted by Crippen LogP contribution is 2.28. The van der Waals surface area contributed by atoms with Gasteiger partial charge in [0.15, 0.2) is 5.58 Å². The number of benzene rings is 3. The van der Waals surface area contributed by atoms with E-state index >= 15 is 0 Å². The van der Waals surface area contributed by atoms with Gasteiger partial charge in [0.2, 0.25) is 5.89 Å². The molecule has 0 aliphatic rings.